The molecule has 1 atom stereocenters. The third-order valence-electron chi connectivity index (χ3n) is 2.36. The first-order valence-electron chi connectivity index (χ1n) is 5.57. The molecule has 1 heterocycles. The lowest BCUT2D eigenvalue weighted by Gasteiger charge is -2.17. The molecular formula is C12H16BrNO4. The Morgan fingerprint density at radius 2 is 2.17 bits per heavy atom. The molecular weight excluding hydrogens is 302 g/mol. The number of hydrogen-bond donors (Lipinski definition) is 1. The van der Waals surface area contributed by atoms with Gasteiger partial charge in [0, 0.05) is 0 Å². The van der Waals surface area contributed by atoms with Crippen molar-refractivity contribution in [1.29, 1.82) is 0 Å². The maximum Gasteiger partial charge on any atom is 0.328 e. The molecule has 0 spiro atoms. The standard InChI is InChI=1S/C12H16BrNO4/c1-7(2)6-9(12(16)17-3)14-11(15)8-4-5-18-10(8)13/h4-5,7,9H,6H2,1-3H3,(H,14,15). The van der Waals surface area contributed by atoms with Gasteiger partial charge in [-0.2, -0.15) is 0 Å². The molecule has 1 aromatic rings. The minimum Gasteiger partial charge on any atom is -0.467 e. The number of carbonyl (C=O) groups excluding carboxylic acids is 2. The number of carbonyl (C=O) groups is 2. The van der Waals surface area contributed by atoms with Crippen LogP contribution in [-0.2, 0) is 9.53 Å². The van der Waals surface area contributed by atoms with Gasteiger partial charge in [-0.15, -0.1) is 0 Å². The predicted octanol–water partition coefficient (Wildman–Crippen LogP) is 2.36. The Hall–Kier alpha value is -1.30. The summed E-state index contributed by atoms with van der Waals surface area (Å²) in [4.78, 5) is 23.5. The Morgan fingerprint density at radius 3 is 2.61 bits per heavy atom. The zero-order valence-corrected chi connectivity index (χ0v) is 12.1. The van der Waals surface area contributed by atoms with Crippen molar-refractivity contribution in [2.45, 2.75) is 26.3 Å². The van der Waals surface area contributed by atoms with E-state index in [1.807, 2.05) is 13.8 Å². The molecule has 0 aliphatic rings. The van der Waals surface area contributed by atoms with Crippen LogP contribution in [0.5, 0.6) is 0 Å². The Morgan fingerprint density at radius 1 is 1.50 bits per heavy atom. The lowest BCUT2D eigenvalue weighted by Crippen LogP contribution is -2.42. The molecule has 0 fully saturated rings. The lowest BCUT2D eigenvalue weighted by molar-refractivity contribution is -0.143. The van der Waals surface area contributed by atoms with E-state index in [0.717, 1.165) is 0 Å². The van der Waals surface area contributed by atoms with E-state index in [1.165, 1.54) is 19.4 Å². The van der Waals surface area contributed by atoms with Crippen LogP contribution in [-0.4, -0.2) is 25.0 Å². The van der Waals surface area contributed by atoms with Gasteiger partial charge in [0.1, 0.15) is 6.04 Å². The fourth-order valence-electron chi connectivity index (χ4n) is 1.52. The van der Waals surface area contributed by atoms with Crippen molar-refractivity contribution in [3.05, 3.63) is 22.6 Å². The minimum absolute atomic E-state index is 0.266. The average Bonchev–Trinajstić information content (AvgIpc) is 2.73. The van der Waals surface area contributed by atoms with Crippen molar-refractivity contribution in [1.82, 2.24) is 5.32 Å². The Balaban J connectivity index is 2.74. The van der Waals surface area contributed by atoms with Gasteiger partial charge in [0.25, 0.3) is 5.91 Å². The highest BCUT2D eigenvalue weighted by Gasteiger charge is 2.24. The Bertz CT molecular complexity index is 427. The molecule has 0 saturated heterocycles. The molecule has 0 bridgehead atoms. The molecule has 0 aromatic carbocycles. The van der Waals surface area contributed by atoms with Gasteiger partial charge in [-0.05, 0) is 34.3 Å². The van der Waals surface area contributed by atoms with Crippen LogP contribution in [0.4, 0.5) is 0 Å². The fourth-order valence-corrected chi connectivity index (χ4v) is 1.94. The van der Waals surface area contributed by atoms with Crippen molar-refractivity contribution >= 4 is 27.8 Å². The summed E-state index contributed by atoms with van der Waals surface area (Å²) in [5.74, 6) is -0.550. The zero-order valence-electron chi connectivity index (χ0n) is 10.5. The summed E-state index contributed by atoms with van der Waals surface area (Å²) < 4.78 is 9.99. The van der Waals surface area contributed by atoms with Crippen molar-refractivity contribution in [3.8, 4) is 0 Å². The van der Waals surface area contributed by atoms with Gasteiger partial charge in [0.15, 0.2) is 4.67 Å². The summed E-state index contributed by atoms with van der Waals surface area (Å²) in [6.07, 6.45) is 1.92. The molecule has 18 heavy (non-hydrogen) atoms. The third kappa shape index (κ3) is 3.87. The number of ether oxygens (including phenoxy) is 1. The second-order valence-electron chi connectivity index (χ2n) is 4.29. The quantitative estimate of drug-likeness (QED) is 0.846. The van der Waals surface area contributed by atoms with Crippen LogP contribution < -0.4 is 5.32 Å². The topological polar surface area (TPSA) is 68.5 Å². The first kappa shape index (κ1) is 14.8. The number of hydrogen-bond acceptors (Lipinski definition) is 4. The molecule has 100 valence electrons. The highest BCUT2D eigenvalue weighted by Crippen LogP contribution is 2.18. The summed E-state index contributed by atoms with van der Waals surface area (Å²) in [7, 11) is 1.30. The van der Waals surface area contributed by atoms with E-state index in [4.69, 9.17) is 4.42 Å². The molecule has 1 rings (SSSR count). The Kier molecular flexibility index (Phi) is 5.40. The molecule has 1 N–H and O–H groups in total. The molecule has 0 saturated carbocycles. The lowest BCUT2D eigenvalue weighted by atomic mass is 10.0. The van der Waals surface area contributed by atoms with E-state index in [9.17, 15) is 9.59 Å². The van der Waals surface area contributed by atoms with Crippen molar-refractivity contribution in [2.24, 2.45) is 5.92 Å². The number of nitrogens with one attached hydrogen (secondary N) is 1. The SMILES string of the molecule is COC(=O)C(CC(C)C)NC(=O)c1ccoc1Br. The van der Waals surface area contributed by atoms with Crippen molar-refractivity contribution < 1.29 is 18.7 Å². The summed E-state index contributed by atoms with van der Waals surface area (Å²) in [6, 6.07) is 0.882. The molecule has 0 aliphatic heterocycles. The largest absolute Gasteiger partial charge is 0.467 e. The summed E-state index contributed by atoms with van der Waals surface area (Å²) in [5.41, 5.74) is 0.354. The molecule has 6 heteroatoms. The normalized spacial score (nSPS) is 12.3. The Labute approximate surface area is 114 Å². The zero-order chi connectivity index (χ0) is 13.7. The molecule has 0 aliphatic carbocycles. The van der Waals surface area contributed by atoms with E-state index in [1.54, 1.807) is 0 Å². The second-order valence-corrected chi connectivity index (χ2v) is 5.01. The molecule has 1 amide bonds. The number of methoxy groups -OCH3 is 1. The smallest absolute Gasteiger partial charge is 0.328 e. The third-order valence-corrected chi connectivity index (χ3v) is 2.97. The first-order chi connectivity index (χ1) is 8.45. The van der Waals surface area contributed by atoms with Crippen molar-refractivity contribution in [2.75, 3.05) is 7.11 Å². The summed E-state index contributed by atoms with van der Waals surface area (Å²) in [6.45, 7) is 3.94. The van der Waals surface area contributed by atoms with Gasteiger partial charge in [-0.3, -0.25) is 4.79 Å². The highest BCUT2D eigenvalue weighted by molar-refractivity contribution is 9.10. The highest BCUT2D eigenvalue weighted by atomic mass is 79.9. The van der Waals surface area contributed by atoms with E-state index < -0.39 is 12.0 Å². The van der Waals surface area contributed by atoms with Gasteiger partial charge in [0.05, 0.1) is 18.9 Å². The van der Waals surface area contributed by atoms with Crippen LogP contribution in [0.15, 0.2) is 21.4 Å². The fraction of sp³-hybridized carbons (Fsp3) is 0.500. The number of halogens is 1. The van der Waals surface area contributed by atoms with E-state index in [-0.39, 0.29) is 11.8 Å². The van der Waals surface area contributed by atoms with Crippen LogP contribution in [0.2, 0.25) is 0 Å². The molecule has 0 radical (unpaired) electrons. The minimum atomic E-state index is -0.649. The van der Waals surface area contributed by atoms with Gasteiger partial charge < -0.3 is 14.5 Å². The van der Waals surface area contributed by atoms with E-state index in [0.29, 0.717) is 16.7 Å². The van der Waals surface area contributed by atoms with E-state index in [2.05, 4.69) is 26.0 Å². The predicted molar refractivity (Wildman–Crippen MR) is 69.1 cm³/mol. The maximum absolute atomic E-state index is 11.9. The molecule has 5 nitrogen and oxygen atoms in total. The van der Waals surface area contributed by atoms with Gasteiger partial charge in [0.2, 0.25) is 0 Å². The van der Waals surface area contributed by atoms with Crippen LogP contribution in [0.25, 0.3) is 0 Å². The van der Waals surface area contributed by atoms with Crippen molar-refractivity contribution in [3.63, 3.8) is 0 Å². The summed E-state index contributed by atoms with van der Waals surface area (Å²) >= 11 is 3.12. The van der Waals surface area contributed by atoms with Crippen LogP contribution >= 0.6 is 15.9 Å². The second kappa shape index (κ2) is 6.58. The number of esters is 1. The van der Waals surface area contributed by atoms with Gasteiger partial charge in [-0.1, -0.05) is 13.8 Å². The molecule has 1 unspecified atom stereocenters. The van der Waals surface area contributed by atoms with Crippen LogP contribution in [0, 0.1) is 5.92 Å². The van der Waals surface area contributed by atoms with Gasteiger partial charge in [-0.25, -0.2) is 4.79 Å². The van der Waals surface area contributed by atoms with Crippen LogP contribution in [0.1, 0.15) is 30.6 Å². The summed E-state index contributed by atoms with van der Waals surface area (Å²) in [5, 5.41) is 2.64. The average molecular weight is 318 g/mol. The van der Waals surface area contributed by atoms with E-state index >= 15 is 0 Å². The number of rotatable bonds is 5. The number of amides is 1. The number of furan rings is 1. The monoisotopic (exact) mass is 317 g/mol. The van der Waals surface area contributed by atoms with Gasteiger partial charge >= 0.3 is 5.97 Å². The maximum atomic E-state index is 11.9. The van der Waals surface area contributed by atoms with Crippen LogP contribution in [0.3, 0.4) is 0 Å². The molecule has 1 aromatic heterocycles. The first-order valence-corrected chi connectivity index (χ1v) is 6.36.